The molecule has 3 aliphatic rings. The van der Waals surface area contributed by atoms with Crippen molar-refractivity contribution in [1.82, 2.24) is 5.32 Å². The molecule has 0 spiro atoms. The van der Waals surface area contributed by atoms with Crippen LogP contribution in [0.25, 0.3) is 0 Å². The topological polar surface area (TPSA) is 58.2 Å². The van der Waals surface area contributed by atoms with Gasteiger partial charge in [-0.3, -0.25) is 4.72 Å². The third-order valence-corrected chi connectivity index (χ3v) is 7.57. The van der Waals surface area contributed by atoms with Gasteiger partial charge in [-0.1, -0.05) is 6.92 Å². The monoisotopic (exact) mass is 360 g/mol. The van der Waals surface area contributed by atoms with Crippen molar-refractivity contribution in [3.05, 3.63) is 29.6 Å². The molecular formula is C16H22ClFN2O2S. The first-order chi connectivity index (χ1) is 10.5. The molecule has 0 bridgehead atoms. The average molecular weight is 361 g/mol. The Morgan fingerprint density at radius 3 is 2.52 bits per heavy atom. The maximum atomic E-state index is 14.4. The fraction of sp³-hybridized carbons (Fsp3) is 0.625. The molecule has 4 rings (SSSR count). The van der Waals surface area contributed by atoms with Gasteiger partial charge in [0.1, 0.15) is 5.82 Å². The summed E-state index contributed by atoms with van der Waals surface area (Å²) in [7, 11) is -3.30. The lowest BCUT2D eigenvalue weighted by molar-refractivity contribution is 0.473. The highest BCUT2D eigenvalue weighted by Gasteiger charge is 2.66. The van der Waals surface area contributed by atoms with Crippen LogP contribution in [0.3, 0.4) is 0 Å². The fourth-order valence-corrected chi connectivity index (χ4v) is 5.71. The summed E-state index contributed by atoms with van der Waals surface area (Å²) in [6.45, 7) is 3.95. The summed E-state index contributed by atoms with van der Waals surface area (Å²) in [5.74, 6) is 0.732. The number of piperidine rings is 1. The van der Waals surface area contributed by atoms with Gasteiger partial charge in [-0.25, -0.2) is 12.8 Å². The van der Waals surface area contributed by atoms with E-state index in [0.29, 0.717) is 23.1 Å². The van der Waals surface area contributed by atoms with E-state index in [1.807, 2.05) is 0 Å². The zero-order valence-corrected chi connectivity index (χ0v) is 14.6. The van der Waals surface area contributed by atoms with E-state index in [0.717, 1.165) is 32.4 Å². The van der Waals surface area contributed by atoms with Crippen LogP contribution in [0.2, 0.25) is 0 Å². The SMILES string of the molecule is CCC1(c2cc(NS(=O)(=O)C3CC3)ccc2F)C2CNCC21.Cl. The minimum absolute atomic E-state index is 0. The standard InChI is InChI=1S/C16H21FN2O2S.ClH/c1-2-16(13-8-18-9-14(13)16)12-7-10(3-6-15(12)17)19-22(20,21)11-4-5-11;/h3,6-7,11,13-14,18-19H,2,4-5,8-9H2,1H3;1H. The predicted molar refractivity (Wildman–Crippen MR) is 91.0 cm³/mol. The normalized spacial score (nSPS) is 32.1. The summed E-state index contributed by atoms with van der Waals surface area (Å²) in [6.07, 6.45) is 2.33. The largest absolute Gasteiger partial charge is 0.316 e. The lowest BCUT2D eigenvalue weighted by Gasteiger charge is -2.22. The minimum atomic E-state index is -3.30. The Labute approximate surface area is 142 Å². The van der Waals surface area contributed by atoms with Crippen molar-refractivity contribution in [2.75, 3.05) is 17.8 Å². The number of sulfonamides is 1. The third kappa shape index (κ3) is 2.55. The van der Waals surface area contributed by atoms with Crippen LogP contribution >= 0.6 is 12.4 Å². The third-order valence-electron chi connectivity index (χ3n) is 5.70. The molecule has 0 radical (unpaired) electrons. The second-order valence-corrected chi connectivity index (χ2v) is 8.77. The molecule has 2 unspecified atom stereocenters. The van der Waals surface area contributed by atoms with Crippen LogP contribution in [0.15, 0.2) is 18.2 Å². The van der Waals surface area contributed by atoms with E-state index < -0.39 is 10.0 Å². The predicted octanol–water partition coefficient (Wildman–Crippen LogP) is 2.65. The quantitative estimate of drug-likeness (QED) is 0.848. The number of nitrogens with one attached hydrogen (secondary N) is 2. The number of fused-ring (bicyclic) bond motifs is 1. The molecular weight excluding hydrogens is 339 g/mol. The molecule has 128 valence electrons. The zero-order valence-electron chi connectivity index (χ0n) is 13.0. The highest BCUT2D eigenvalue weighted by Crippen LogP contribution is 2.64. The van der Waals surface area contributed by atoms with Crippen molar-refractivity contribution in [2.24, 2.45) is 11.8 Å². The lowest BCUT2D eigenvalue weighted by Crippen LogP contribution is -2.26. The van der Waals surface area contributed by atoms with Gasteiger partial charge in [-0.15, -0.1) is 12.4 Å². The summed E-state index contributed by atoms with van der Waals surface area (Å²) < 4.78 is 41.2. The van der Waals surface area contributed by atoms with E-state index in [-0.39, 0.29) is 28.9 Å². The van der Waals surface area contributed by atoms with E-state index in [1.165, 1.54) is 12.1 Å². The van der Waals surface area contributed by atoms with E-state index in [2.05, 4.69) is 17.0 Å². The van der Waals surface area contributed by atoms with Gasteiger partial charge in [0.15, 0.2) is 0 Å². The first kappa shape index (κ1) is 17.0. The summed E-state index contributed by atoms with van der Waals surface area (Å²) in [5, 5.41) is 3.07. The molecule has 1 aliphatic heterocycles. The van der Waals surface area contributed by atoms with Crippen molar-refractivity contribution < 1.29 is 12.8 Å². The van der Waals surface area contributed by atoms with E-state index in [9.17, 15) is 12.8 Å². The Kier molecular flexibility index (Phi) is 4.14. The molecule has 2 atom stereocenters. The number of halogens is 2. The number of anilines is 1. The van der Waals surface area contributed by atoms with Crippen molar-refractivity contribution >= 4 is 28.1 Å². The summed E-state index contributed by atoms with van der Waals surface area (Å²) in [5.41, 5.74) is 1.06. The molecule has 1 aromatic carbocycles. The van der Waals surface area contributed by atoms with Gasteiger partial charge in [-0.05, 0) is 68.0 Å². The van der Waals surface area contributed by atoms with Crippen molar-refractivity contribution in [1.29, 1.82) is 0 Å². The highest BCUT2D eigenvalue weighted by atomic mass is 35.5. The molecule has 4 nitrogen and oxygen atoms in total. The summed E-state index contributed by atoms with van der Waals surface area (Å²) in [6, 6.07) is 4.65. The van der Waals surface area contributed by atoms with Crippen LogP contribution < -0.4 is 10.0 Å². The van der Waals surface area contributed by atoms with Gasteiger partial charge in [0.2, 0.25) is 10.0 Å². The maximum absolute atomic E-state index is 14.4. The van der Waals surface area contributed by atoms with E-state index >= 15 is 0 Å². The van der Waals surface area contributed by atoms with Crippen molar-refractivity contribution in [3.63, 3.8) is 0 Å². The van der Waals surface area contributed by atoms with E-state index in [1.54, 1.807) is 6.07 Å². The molecule has 1 heterocycles. The zero-order chi connectivity index (χ0) is 15.5. The molecule has 3 fully saturated rings. The smallest absolute Gasteiger partial charge is 0.235 e. The van der Waals surface area contributed by atoms with Crippen LogP contribution in [0.1, 0.15) is 31.7 Å². The average Bonchev–Trinajstić information content (AvgIpc) is 3.38. The molecule has 7 heteroatoms. The number of hydrogen-bond donors (Lipinski definition) is 2. The second-order valence-electron chi connectivity index (χ2n) is 6.81. The van der Waals surface area contributed by atoms with Gasteiger partial charge < -0.3 is 5.32 Å². The Bertz CT molecular complexity index is 711. The van der Waals surface area contributed by atoms with Crippen molar-refractivity contribution in [3.8, 4) is 0 Å². The molecule has 23 heavy (non-hydrogen) atoms. The van der Waals surface area contributed by atoms with Gasteiger partial charge >= 0.3 is 0 Å². The van der Waals surface area contributed by atoms with Crippen molar-refractivity contribution in [2.45, 2.75) is 36.9 Å². The van der Waals surface area contributed by atoms with Gasteiger partial charge in [-0.2, -0.15) is 0 Å². The number of rotatable bonds is 5. The summed E-state index contributed by atoms with van der Waals surface area (Å²) >= 11 is 0. The Hall–Kier alpha value is -0.850. The van der Waals surface area contributed by atoms with E-state index in [4.69, 9.17) is 0 Å². The molecule has 2 saturated carbocycles. The van der Waals surface area contributed by atoms with Crippen LogP contribution in [-0.4, -0.2) is 26.8 Å². The minimum Gasteiger partial charge on any atom is -0.316 e. The number of benzene rings is 1. The fourth-order valence-electron chi connectivity index (χ4n) is 4.33. The van der Waals surface area contributed by atoms with Crippen LogP contribution in [0.5, 0.6) is 0 Å². The molecule has 0 aromatic heterocycles. The number of hydrogen-bond acceptors (Lipinski definition) is 3. The van der Waals surface area contributed by atoms with Crippen LogP contribution in [0, 0.1) is 17.7 Å². The molecule has 0 amide bonds. The Balaban J connectivity index is 0.00000156. The first-order valence-electron chi connectivity index (χ1n) is 8.01. The Morgan fingerprint density at radius 1 is 1.30 bits per heavy atom. The lowest BCUT2D eigenvalue weighted by atomic mass is 9.87. The molecule has 1 saturated heterocycles. The molecule has 2 N–H and O–H groups in total. The van der Waals surface area contributed by atoms with Crippen LogP contribution in [-0.2, 0) is 15.4 Å². The van der Waals surface area contributed by atoms with Gasteiger partial charge in [0.25, 0.3) is 0 Å². The molecule has 1 aromatic rings. The van der Waals surface area contributed by atoms with Gasteiger partial charge in [0.05, 0.1) is 5.25 Å². The molecule has 2 aliphatic carbocycles. The second kappa shape index (κ2) is 5.60. The summed E-state index contributed by atoms with van der Waals surface area (Å²) in [4.78, 5) is 0. The van der Waals surface area contributed by atoms with Gasteiger partial charge in [0, 0.05) is 11.1 Å². The van der Waals surface area contributed by atoms with Crippen LogP contribution in [0.4, 0.5) is 10.1 Å². The Morgan fingerprint density at radius 2 is 1.96 bits per heavy atom. The highest BCUT2D eigenvalue weighted by molar-refractivity contribution is 7.93. The first-order valence-corrected chi connectivity index (χ1v) is 9.56. The maximum Gasteiger partial charge on any atom is 0.235 e.